The van der Waals surface area contributed by atoms with Crippen LogP contribution in [-0.4, -0.2) is 33.8 Å². The zero-order chi connectivity index (χ0) is 12.1. The molecule has 0 radical (unpaired) electrons. The molecule has 1 aromatic carbocycles. The van der Waals surface area contributed by atoms with E-state index >= 15 is 0 Å². The van der Waals surface area contributed by atoms with E-state index in [1.807, 2.05) is 26.2 Å². The lowest BCUT2D eigenvalue weighted by Gasteiger charge is -2.24. The molecule has 1 N–H and O–H groups in total. The second-order valence-corrected chi connectivity index (χ2v) is 4.87. The van der Waals surface area contributed by atoms with Crippen molar-refractivity contribution in [3.05, 3.63) is 24.3 Å². The standard InChI is InChI=1S/C14H22N2O/c1-16(2)13-5-3-4-6-14(13)17-11-12-7-9-15-10-8-12/h3-6,12,15H,7-11H2,1-2H3. The first-order valence-corrected chi connectivity index (χ1v) is 6.37. The lowest BCUT2D eigenvalue weighted by atomic mass is 9.99. The molecule has 0 amide bonds. The van der Waals surface area contributed by atoms with Gasteiger partial charge in [0.2, 0.25) is 0 Å². The van der Waals surface area contributed by atoms with Crippen LogP contribution in [0.1, 0.15) is 12.8 Å². The van der Waals surface area contributed by atoms with Crippen LogP contribution in [0, 0.1) is 5.92 Å². The van der Waals surface area contributed by atoms with Crippen molar-refractivity contribution in [2.24, 2.45) is 5.92 Å². The number of ether oxygens (including phenoxy) is 1. The first-order chi connectivity index (χ1) is 8.27. The average Bonchev–Trinajstić information content (AvgIpc) is 2.38. The number of nitrogens with one attached hydrogen (secondary N) is 1. The minimum atomic E-state index is 0.700. The van der Waals surface area contributed by atoms with E-state index in [9.17, 15) is 0 Å². The summed E-state index contributed by atoms with van der Waals surface area (Å²) in [6.45, 7) is 3.10. The van der Waals surface area contributed by atoms with Crippen LogP contribution in [0.4, 0.5) is 5.69 Å². The highest BCUT2D eigenvalue weighted by atomic mass is 16.5. The lowest BCUT2D eigenvalue weighted by Crippen LogP contribution is -2.30. The molecule has 0 spiro atoms. The van der Waals surface area contributed by atoms with Gasteiger partial charge in [0.15, 0.2) is 0 Å². The van der Waals surface area contributed by atoms with Gasteiger partial charge in [-0.15, -0.1) is 0 Å². The molecule has 1 fully saturated rings. The van der Waals surface area contributed by atoms with Crippen molar-refractivity contribution < 1.29 is 4.74 Å². The molecule has 0 unspecified atom stereocenters. The third-order valence-electron chi connectivity index (χ3n) is 3.28. The molecule has 0 saturated carbocycles. The van der Waals surface area contributed by atoms with Gasteiger partial charge in [0, 0.05) is 14.1 Å². The fraction of sp³-hybridized carbons (Fsp3) is 0.571. The zero-order valence-electron chi connectivity index (χ0n) is 10.8. The Hall–Kier alpha value is -1.22. The highest BCUT2D eigenvalue weighted by Crippen LogP contribution is 2.27. The number of benzene rings is 1. The van der Waals surface area contributed by atoms with Crippen LogP contribution in [0.15, 0.2) is 24.3 Å². The Kier molecular flexibility index (Phi) is 4.26. The predicted molar refractivity (Wildman–Crippen MR) is 71.9 cm³/mol. The normalized spacial score (nSPS) is 16.8. The van der Waals surface area contributed by atoms with Crippen LogP contribution in [0.25, 0.3) is 0 Å². The fourth-order valence-electron chi connectivity index (χ4n) is 2.20. The Morgan fingerprint density at radius 1 is 1.24 bits per heavy atom. The number of hydrogen-bond donors (Lipinski definition) is 1. The highest BCUT2D eigenvalue weighted by Gasteiger charge is 2.14. The van der Waals surface area contributed by atoms with Gasteiger partial charge in [-0.1, -0.05) is 12.1 Å². The van der Waals surface area contributed by atoms with Gasteiger partial charge in [-0.25, -0.2) is 0 Å². The average molecular weight is 234 g/mol. The van der Waals surface area contributed by atoms with Crippen LogP contribution in [0.5, 0.6) is 5.75 Å². The molecule has 0 atom stereocenters. The van der Waals surface area contributed by atoms with Crippen LogP contribution in [0.3, 0.4) is 0 Å². The maximum absolute atomic E-state index is 5.97. The molecule has 94 valence electrons. The van der Waals surface area contributed by atoms with E-state index in [1.54, 1.807) is 0 Å². The van der Waals surface area contributed by atoms with Gasteiger partial charge in [-0.3, -0.25) is 0 Å². The van der Waals surface area contributed by atoms with Crippen molar-refractivity contribution in [2.75, 3.05) is 38.7 Å². The Balaban J connectivity index is 1.93. The maximum Gasteiger partial charge on any atom is 0.142 e. The van der Waals surface area contributed by atoms with Gasteiger partial charge < -0.3 is 15.0 Å². The largest absolute Gasteiger partial charge is 0.491 e. The van der Waals surface area contributed by atoms with Crippen molar-refractivity contribution in [1.82, 2.24) is 5.32 Å². The number of rotatable bonds is 4. The quantitative estimate of drug-likeness (QED) is 0.863. The summed E-state index contributed by atoms with van der Waals surface area (Å²) in [7, 11) is 4.10. The molecule has 1 aromatic rings. The predicted octanol–water partition coefficient (Wildman–Crippen LogP) is 2.13. The molecule has 2 rings (SSSR count). The monoisotopic (exact) mass is 234 g/mol. The number of piperidine rings is 1. The molecule has 3 nitrogen and oxygen atoms in total. The summed E-state index contributed by atoms with van der Waals surface area (Å²) in [4.78, 5) is 2.09. The molecular formula is C14H22N2O. The van der Waals surface area contributed by atoms with Gasteiger partial charge >= 0.3 is 0 Å². The summed E-state index contributed by atoms with van der Waals surface area (Å²) in [6, 6.07) is 8.23. The Morgan fingerprint density at radius 2 is 1.94 bits per heavy atom. The Morgan fingerprint density at radius 3 is 2.65 bits per heavy atom. The second kappa shape index (κ2) is 5.92. The first kappa shape index (κ1) is 12.2. The van der Waals surface area contributed by atoms with Crippen molar-refractivity contribution in [3.8, 4) is 5.75 Å². The van der Waals surface area contributed by atoms with Gasteiger partial charge in [0.25, 0.3) is 0 Å². The lowest BCUT2D eigenvalue weighted by molar-refractivity contribution is 0.215. The van der Waals surface area contributed by atoms with Crippen molar-refractivity contribution >= 4 is 5.69 Å². The van der Waals surface area contributed by atoms with Crippen molar-refractivity contribution in [2.45, 2.75) is 12.8 Å². The van der Waals surface area contributed by atoms with Gasteiger partial charge in [-0.05, 0) is 44.0 Å². The topological polar surface area (TPSA) is 24.5 Å². The third kappa shape index (κ3) is 3.37. The van der Waals surface area contributed by atoms with E-state index in [4.69, 9.17) is 4.74 Å². The van der Waals surface area contributed by atoms with Gasteiger partial charge in [0.1, 0.15) is 5.75 Å². The zero-order valence-corrected chi connectivity index (χ0v) is 10.8. The van der Waals surface area contributed by atoms with Gasteiger partial charge in [-0.2, -0.15) is 0 Å². The number of anilines is 1. The van der Waals surface area contributed by atoms with Crippen LogP contribution in [-0.2, 0) is 0 Å². The molecule has 1 saturated heterocycles. The smallest absolute Gasteiger partial charge is 0.142 e. The number of hydrogen-bond acceptors (Lipinski definition) is 3. The van der Waals surface area contributed by atoms with Crippen LogP contribution < -0.4 is 15.0 Å². The number of nitrogens with zero attached hydrogens (tertiary/aromatic N) is 1. The molecule has 17 heavy (non-hydrogen) atoms. The molecule has 1 aliphatic rings. The van der Waals surface area contributed by atoms with E-state index in [0.717, 1.165) is 31.1 Å². The van der Waals surface area contributed by atoms with Gasteiger partial charge in [0.05, 0.1) is 12.3 Å². The molecule has 0 aromatic heterocycles. The van der Waals surface area contributed by atoms with E-state index in [1.165, 1.54) is 12.8 Å². The molecule has 1 aliphatic heterocycles. The van der Waals surface area contributed by atoms with Crippen molar-refractivity contribution in [1.29, 1.82) is 0 Å². The van der Waals surface area contributed by atoms with E-state index in [2.05, 4.69) is 22.3 Å². The Bertz CT molecular complexity index is 346. The van der Waals surface area contributed by atoms with Crippen LogP contribution in [0.2, 0.25) is 0 Å². The maximum atomic E-state index is 5.97. The van der Waals surface area contributed by atoms with Crippen LogP contribution >= 0.6 is 0 Å². The van der Waals surface area contributed by atoms with E-state index in [0.29, 0.717) is 5.92 Å². The molecule has 3 heteroatoms. The SMILES string of the molecule is CN(C)c1ccccc1OCC1CCNCC1. The summed E-state index contributed by atoms with van der Waals surface area (Å²) in [5.74, 6) is 1.70. The minimum absolute atomic E-state index is 0.700. The molecular weight excluding hydrogens is 212 g/mol. The van der Waals surface area contributed by atoms with E-state index < -0.39 is 0 Å². The fourth-order valence-corrected chi connectivity index (χ4v) is 2.20. The molecule has 0 bridgehead atoms. The van der Waals surface area contributed by atoms with Crippen molar-refractivity contribution in [3.63, 3.8) is 0 Å². The first-order valence-electron chi connectivity index (χ1n) is 6.37. The number of para-hydroxylation sites is 2. The summed E-state index contributed by atoms with van der Waals surface area (Å²) >= 11 is 0. The minimum Gasteiger partial charge on any atom is -0.491 e. The molecule has 0 aliphatic carbocycles. The highest BCUT2D eigenvalue weighted by molar-refractivity contribution is 5.57. The summed E-state index contributed by atoms with van der Waals surface area (Å²) in [5, 5.41) is 3.38. The van der Waals surface area contributed by atoms with E-state index in [-0.39, 0.29) is 0 Å². The second-order valence-electron chi connectivity index (χ2n) is 4.87. The summed E-state index contributed by atoms with van der Waals surface area (Å²) < 4.78 is 5.97. The summed E-state index contributed by atoms with van der Waals surface area (Å²) in [6.07, 6.45) is 2.45. The Labute approximate surface area is 104 Å². The summed E-state index contributed by atoms with van der Waals surface area (Å²) in [5.41, 5.74) is 1.15. The molecule has 1 heterocycles. The third-order valence-corrected chi connectivity index (χ3v) is 3.28.